The van der Waals surface area contributed by atoms with Crippen molar-refractivity contribution in [2.24, 2.45) is 5.73 Å². The Morgan fingerprint density at radius 1 is 1.56 bits per heavy atom. The molecule has 1 atom stereocenters. The van der Waals surface area contributed by atoms with Crippen molar-refractivity contribution in [2.75, 3.05) is 0 Å². The molecule has 0 aromatic rings. The van der Waals surface area contributed by atoms with Crippen molar-refractivity contribution in [3.05, 3.63) is 0 Å². The molecule has 0 rings (SSSR count). The van der Waals surface area contributed by atoms with E-state index in [9.17, 15) is 8.78 Å². The van der Waals surface area contributed by atoms with Gasteiger partial charge in [-0.15, -0.1) is 12.3 Å². The summed E-state index contributed by atoms with van der Waals surface area (Å²) in [7, 11) is 0. The van der Waals surface area contributed by atoms with Gasteiger partial charge in [0.05, 0.1) is 6.04 Å². The van der Waals surface area contributed by atoms with Gasteiger partial charge in [-0.3, -0.25) is 0 Å². The zero-order valence-corrected chi connectivity index (χ0v) is 4.98. The minimum Gasteiger partial charge on any atom is -0.323 e. The minimum atomic E-state index is -2.45. The van der Waals surface area contributed by atoms with Gasteiger partial charge in [0.1, 0.15) is 0 Å². The van der Waals surface area contributed by atoms with Gasteiger partial charge in [0.2, 0.25) is 0 Å². The first-order valence-electron chi connectivity index (χ1n) is 2.65. The molecule has 0 aliphatic heterocycles. The number of hydrogen-bond acceptors (Lipinski definition) is 1. The van der Waals surface area contributed by atoms with Crippen LogP contribution >= 0.6 is 0 Å². The summed E-state index contributed by atoms with van der Waals surface area (Å²) in [6, 6.07) is -1.05. The second kappa shape index (κ2) is 4.28. The third kappa shape index (κ3) is 3.92. The van der Waals surface area contributed by atoms with Gasteiger partial charge in [-0.2, -0.15) is 0 Å². The highest BCUT2D eigenvalue weighted by molar-refractivity contribution is 4.85. The van der Waals surface area contributed by atoms with E-state index >= 15 is 0 Å². The Hall–Kier alpha value is -0.620. The maximum Gasteiger partial charge on any atom is 0.253 e. The van der Waals surface area contributed by atoms with Crippen LogP contribution < -0.4 is 5.73 Å². The number of rotatable bonds is 3. The van der Waals surface area contributed by atoms with Crippen LogP contribution in [0.1, 0.15) is 12.8 Å². The number of nitrogens with two attached hydrogens (primary N) is 1. The lowest BCUT2D eigenvalue weighted by molar-refractivity contribution is 0.113. The fourth-order valence-electron chi connectivity index (χ4n) is 0.376. The molecular weight excluding hydrogens is 124 g/mol. The Kier molecular flexibility index (Phi) is 3.98. The Labute approximate surface area is 53.2 Å². The first-order valence-corrected chi connectivity index (χ1v) is 2.65. The van der Waals surface area contributed by atoms with Crippen molar-refractivity contribution < 1.29 is 8.78 Å². The summed E-state index contributed by atoms with van der Waals surface area (Å²) < 4.78 is 23.1. The maximum absolute atomic E-state index is 11.6. The van der Waals surface area contributed by atoms with Crippen molar-refractivity contribution in [1.29, 1.82) is 0 Å². The van der Waals surface area contributed by atoms with Gasteiger partial charge in [-0.1, -0.05) is 0 Å². The van der Waals surface area contributed by atoms with E-state index in [0.717, 1.165) is 0 Å². The number of halogens is 2. The van der Waals surface area contributed by atoms with E-state index in [1.54, 1.807) is 0 Å². The zero-order chi connectivity index (χ0) is 7.28. The van der Waals surface area contributed by atoms with Crippen molar-refractivity contribution in [3.8, 4) is 12.3 Å². The molecule has 0 heterocycles. The van der Waals surface area contributed by atoms with Gasteiger partial charge in [0.25, 0.3) is 6.43 Å². The third-order valence-corrected chi connectivity index (χ3v) is 0.946. The Bertz CT molecular complexity index is 106. The Morgan fingerprint density at radius 2 is 2.11 bits per heavy atom. The van der Waals surface area contributed by atoms with Gasteiger partial charge < -0.3 is 5.73 Å². The molecule has 52 valence electrons. The smallest absolute Gasteiger partial charge is 0.253 e. The molecule has 0 saturated heterocycles. The standard InChI is InChI=1S/C6H9F2N/c1-2-3-4-5(9)6(7)8/h1,5-6H,3-4,9H2. The predicted octanol–water partition coefficient (Wildman–Crippen LogP) is 0.992. The van der Waals surface area contributed by atoms with Crippen LogP contribution in [0, 0.1) is 12.3 Å². The normalized spacial score (nSPS) is 13.2. The number of hydrogen-bond donors (Lipinski definition) is 1. The van der Waals surface area contributed by atoms with Crippen molar-refractivity contribution in [3.63, 3.8) is 0 Å². The molecule has 9 heavy (non-hydrogen) atoms. The van der Waals surface area contributed by atoms with Crippen LogP contribution in [0.3, 0.4) is 0 Å². The minimum absolute atomic E-state index is 0.203. The molecular formula is C6H9F2N. The summed E-state index contributed by atoms with van der Waals surface area (Å²) in [5.74, 6) is 2.24. The van der Waals surface area contributed by atoms with E-state index in [1.807, 2.05) is 0 Å². The highest BCUT2D eigenvalue weighted by Crippen LogP contribution is 2.03. The first kappa shape index (κ1) is 8.38. The maximum atomic E-state index is 11.6. The Morgan fingerprint density at radius 3 is 2.44 bits per heavy atom. The Balaban J connectivity index is 3.29. The summed E-state index contributed by atoms with van der Waals surface area (Å²) in [5, 5.41) is 0. The van der Waals surface area contributed by atoms with Crippen LogP contribution in [0.5, 0.6) is 0 Å². The van der Waals surface area contributed by atoms with E-state index in [1.165, 1.54) is 0 Å². The molecule has 0 fully saturated rings. The second-order valence-electron chi connectivity index (χ2n) is 1.74. The van der Waals surface area contributed by atoms with Gasteiger partial charge in [0, 0.05) is 6.42 Å². The van der Waals surface area contributed by atoms with Gasteiger partial charge in [-0.05, 0) is 6.42 Å². The monoisotopic (exact) mass is 133 g/mol. The van der Waals surface area contributed by atoms with Crippen LogP contribution in [-0.2, 0) is 0 Å². The number of alkyl halides is 2. The quantitative estimate of drug-likeness (QED) is 0.571. The first-order chi connectivity index (χ1) is 4.18. The summed E-state index contributed by atoms with van der Waals surface area (Å²) in [6.07, 6.45) is 2.91. The van der Waals surface area contributed by atoms with E-state index in [0.29, 0.717) is 6.42 Å². The molecule has 0 spiro atoms. The zero-order valence-electron chi connectivity index (χ0n) is 4.98. The van der Waals surface area contributed by atoms with Crippen molar-refractivity contribution >= 4 is 0 Å². The lowest BCUT2D eigenvalue weighted by Gasteiger charge is -2.05. The van der Waals surface area contributed by atoms with Crippen LogP contribution in [0.25, 0.3) is 0 Å². The van der Waals surface area contributed by atoms with Crippen LogP contribution in [0.4, 0.5) is 8.78 Å². The average molecular weight is 133 g/mol. The van der Waals surface area contributed by atoms with Crippen LogP contribution in [0.2, 0.25) is 0 Å². The average Bonchev–Trinajstić information content (AvgIpc) is 1.82. The summed E-state index contributed by atoms with van der Waals surface area (Å²) in [6.45, 7) is 0. The van der Waals surface area contributed by atoms with E-state index in [2.05, 4.69) is 5.92 Å². The highest BCUT2D eigenvalue weighted by Gasteiger charge is 2.12. The molecule has 0 radical (unpaired) electrons. The highest BCUT2D eigenvalue weighted by atomic mass is 19.3. The van der Waals surface area contributed by atoms with Gasteiger partial charge >= 0.3 is 0 Å². The molecule has 2 N–H and O–H groups in total. The predicted molar refractivity (Wildman–Crippen MR) is 32.0 cm³/mol. The molecule has 0 aliphatic carbocycles. The lowest BCUT2D eigenvalue weighted by Crippen LogP contribution is -2.28. The molecule has 0 aromatic carbocycles. The van der Waals surface area contributed by atoms with Gasteiger partial charge in [0.15, 0.2) is 0 Å². The molecule has 1 unspecified atom stereocenters. The van der Waals surface area contributed by atoms with Crippen molar-refractivity contribution in [2.45, 2.75) is 25.3 Å². The molecule has 0 amide bonds. The summed E-state index contributed by atoms with van der Waals surface area (Å²) >= 11 is 0. The summed E-state index contributed by atoms with van der Waals surface area (Å²) in [4.78, 5) is 0. The topological polar surface area (TPSA) is 26.0 Å². The molecule has 1 nitrogen and oxygen atoms in total. The lowest BCUT2D eigenvalue weighted by atomic mass is 10.2. The van der Waals surface area contributed by atoms with E-state index in [4.69, 9.17) is 12.2 Å². The fourth-order valence-corrected chi connectivity index (χ4v) is 0.376. The molecule has 3 heteroatoms. The third-order valence-electron chi connectivity index (χ3n) is 0.946. The largest absolute Gasteiger partial charge is 0.323 e. The SMILES string of the molecule is C#CCCC(N)C(F)F. The van der Waals surface area contributed by atoms with Gasteiger partial charge in [-0.25, -0.2) is 8.78 Å². The van der Waals surface area contributed by atoms with Crippen LogP contribution in [-0.4, -0.2) is 12.5 Å². The fraction of sp³-hybridized carbons (Fsp3) is 0.667. The summed E-state index contributed by atoms with van der Waals surface area (Å²) in [5.41, 5.74) is 4.96. The van der Waals surface area contributed by atoms with E-state index in [-0.39, 0.29) is 6.42 Å². The van der Waals surface area contributed by atoms with Crippen LogP contribution in [0.15, 0.2) is 0 Å². The molecule has 0 aromatic heterocycles. The number of terminal acetylenes is 1. The van der Waals surface area contributed by atoms with Crippen molar-refractivity contribution in [1.82, 2.24) is 0 Å². The van der Waals surface area contributed by atoms with E-state index < -0.39 is 12.5 Å². The molecule has 0 bridgehead atoms. The molecule has 0 aliphatic rings. The molecule has 0 saturated carbocycles. The second-order valence-corrected chi connectivity index (χ2v) is 1.74.